The lowest BCUT2D eigenvalue weighted by molar-refractivity contribution is -0.134. The van der Waals surface area contributed by atoms with Crippen molar-refractivity contribution in [1.29, 1.82) is 0 Å². The predicted molar refractivity (Wildman–Crippen MR) is 80.2 cm³/mol. The van der Waals surface area contributed by atoms with Crippen LogP contribution in [0.25, 0.3) is 0 Å². The highest BCUT2D eigenvalue weighted by Gasteiger charge is 2.28. The van der Waals surface area contributed by atoms with E-state index in [1.807, 2.05) is 41.3 Å². The number of carbonyl (C=O) groups excluding carboxylic acids is 1. The second kappa shape index (κ2) is 6.08. The summed E-state index contributed by atoms with van der Waals surface area (Å²) in [5.74, 6) is -0.0871. The smallest absolute Gasteiger partial charge is 0.223 e. The molecule has 1 aliphatic heterocycles. The van der Waals surface area contributed by atoms with E-state index in [1.54, 1.807) is 12.1 Å². The highest BCUT2D eigenvalue weighted by molar-refractivity contribution is 5.78. The molecule has 2 aromatic carbocycles. The molecule has 0 bridgehead atoms. The molecule has 1 aliphatic rings. The molecule has 0 aliphatic carbocycles. The van der Waals surface area contributed by atoms with Crippen molar-refractivity contribution >= 4 is 5.91 Å². The Balaban J connectivity index is 1.67. The highest BCUT2D eigenvalue weighted by atomic mass is 19.1. The van der Waals surface area contributed by atoms with Crippen molar-refractivity contribution in [2.45, 2.75) is 25.3 Å². The lowest BCUT2D eigenvalue weighted by atomic mass is 9.88. The third-order valence-electron chi connectivity index (χ3n) is 4.08. The molecule has 1 unspecified atom stereocenters. The molecule has 3 heteroatoms. The number of rotatable bonds is 3. The molecule has 0 radical (unpaired) electrons. The van der Waals surface area contributed by atoms with E-state index >= 15 is 0 Å². The van der Waals surface area contributed by atoms with Gasteiger partial charge in [-0.25, -0.2) is 4.39 Å². The molecule has 1 fully saturated rings. The molecule has 2 aromatic rings. The standard InChI is InChI=1S/C18H18FNO/c19-17-9-5-4-8-16(17)15-10-11-20(18(21)12-15)13-14-6-2-1-3-7-14/h1-9,15H,10-13H2. The third-order valence-corrected chi connectivity index (χ3v) is 4.08. The van der Waals surface area contributed by atoms with E-state index in [0.29, 0.717) is 25.1 Å². The van der Waals surface area contributed by atoms with Gasteiger partial charge < -0.3 is 4.90 Å². The summed E-state index contributed by atoms with van der Waals surface area (Å²) in [6.45, 7) is 1.33. The number of likely N-dealkylation sites (tertiary alicyclic amines) is 1. The molecule has 2 nitrogen and oxygen atoms in total. The van der Waals surface area contributed by atoms with Gasteiger partial charge in [-0.1, -0.05) is 48.5 Å². The number of piperidine rings is 1. The lowest BCUT2D eigenvalue weighted by Crippen LogP contribution is -2.37. The Bertz CT molecular complexity index is 626. The van der Waals surface area contributed by atoms with Gasteiger partial charge in [0.15, 0.2) is 0 Å². The number of amides is 1. The van der Waals surface area contributed by atoms with Crippen LogP contribution in [-0.4, -0.2) is 17.4 Å². The predicted octanol–water partition coefficient (Wildman–Crippen LogP) is 3.73. The van der Waals surface area contributed by atoms with Crippen molar-refractivity contribution in [2.24, 2.45) is 0 Å². The van der Waals surface area contributed by atoms with Crippen molar-refractivity contribution in [3.8, 4) is 0 Å². The van der Waals surface area contributed by atoms with Gasteiger partial charge >= 0.3 is 0 Å². The second-order valence-electron chi connectivity index (χ2n) is 5.51. The molecule has 21 heavy (non-hydrogen) atoms. The summed E-state index contributed by atoms with van der Waals surface area (Å²) in [7, 11) is 0. The molecule has 1 atom stereocenters. The topological polar surface area (TPSA) is 20.3 Å². The maximum atomic E-state index is 13.8. The Labute approximate surface area is 124 Å². The summed E-state index contributed by atoms with van der Waals surface area (Å²) >= 11 is 0. The number of hydrogen-bond acceptors (Lipinski definition) is 1. The van der Waals surface area contributed by atoms with E-state index in [-0.39, 0.29) is 17.6 Å². The molecule has 1 amide bonds. The van der Waals surface area contributed by atoms with Gasteiger partial charge in [0.25, 0.3) is 0 Å². The van der Waals surface area contributed by atoms with E-state index in [9.17, 15) is 9.18 Å². The third kappa shape index (κ3) is 3.13. The largest absolute Gasteiger partial charge is 0.338 e. The highest BCUT2D eigenvalue weighted by Crippen LogP contribution is 2.30. The average molecular weight is 283 g/mol. The van der Waals surface area contributed by atoms with Crippen molar-refractivity contribution in [3.63, 3.8) is 0 Å². The molecular weight excluding hydrogens is 265 g/mol. The second-order valence-corrected chi connectivity index (χ2v) is 5.51. The van der Waals surface area contributed by atoms with Crippen LogP contribution < -0.4 is 0 Å². The SMILES string of the molecule is O=C1CC(c2ccccc2F)CCN1Cc1ccccc1. The van der Waals surface area contributed by atoms with Crippen LogP contribution in [-0.2, 0) is 11.3 Å². The van der Waals surface area contributed by atoms with E-state index in [2.05, 4.69) is 0 Å². The Morgan fingerprint density at radius 2 is 1.76 bits per heavy atom. The molecule has 0 N–H and O–H groups in total. The minimum absolute atomic E-state index is 0.00530. The Morgan fingerprint density at radius 3 is 2.48 bits per heavy atom. The molecule has 1 saturated heterocycles. The van der Waals surface area contributed by atoms with Gasteiger partial charge in [0.1, 0.15) is 5.82 Å². The zero-order valence-electron chi connectivity index (χ0n) is 11.8. The minimum atomic E-state index is -0.202. The Morgan fingerprint density at radius 1 is 1.05 bits per heavy atom. The van der Waals surface area contributed by atoms with Crippen LogP contribution >= 0.6 is 0 Å². The maximum Gasteiger partial charge on any atom is 0.223 e. The zero-order chi connectivity index (χ0) is 14.7. The van der Waals surface area contributed by atoms with Crippen LogP contribution in [0.15, 0.2) is 54.6 Å². The number of benzene rings is 2. The molecule has 0 saturated carbocycles. The van der Waals surface area contributed by atoms with E-state index in [0.717, 1.165) is 12.0 Å². The van der Waals surface area contributed by atoms with Crippen molar-refractivity contribution in [2.75, 3.05) is 6.54 Å². The first kappa shape index (κ1) is 13.8. The summed E-state index contributed by atoms with van der Waals surface area (Å²) in [6, 6.07) is 16.8. The number of nitrogens with zero attached hydrogens (tertiary/aromatic N) is 1. The zero-order valence-corrected chi connectivity index (χ0v) is 11.8. The molecule has 3 rings (SSSR count). The van der Waals surface area contributed by atoms with E-state index in [1.165, 1.54) is 6.07 Å². The first-order chi connectivity index (χ1) is 10.2. The van der Waals surface area contributed by atoms with Gasteiger partial charge in [0, 0.05) is 19.5 Å². The fourth-order valence-electron chi connectivity index (χ4n) is 2.92. The summed E-state index contributed by atoms with van der Waals surface area (Å²) in [4.78, 5) is 14.2. The van der Waals surface area contributed by atoms with Crippen molar-refractivity contribution in [1.82, 2.24) is 4.90 Å². The molecule has 1 heterocycles. The molecular formula is C18H18FNO. The van der Waals surface area contributed by atoms with Gasteiger partial charge in [-0.05, 0) is 29.5 Å². The van der Waals surface area contributed by atoms with Crippen LogP contribution in [0.4, 0.5) is 4.39 Å². The molecule has 108 valence electrons. The Kier molecular flexibility index (Phi) is 4.00. The first-order valence-electron chi connectivity index (χ1n) is 7.30. The van der Waals surface area contributed by atoms with Gasteiger partial charge in [0.05, 0.1) is 0 Å². The van der Waals surface area contributed by atoms with Crippen LogP contribution in [0.1, 0.15) is 29.9 Å². The lowest BCUT2D eigenvalue weighted by Gasteiger charge is -2.32. The minimum Gasteiger partial charge on any atom is -0.338 e. The van der Waals surface area contributed by atoms with Crippen molar-refractivity contribution in [3.05, 3.63) is 71.5 Å². The van der Waals surface area contributed by atoms with Gasteiger partial charge in [-0.2, -0.15) is 0 Å². The molecule has 0 spiro atoms. The number of halogens is 1. The van der Waals surface area contributed by atoms with E-state index < -0.39 is 0 Å². The normalized spacial score (nSPS) is 18.8. The van der Waals surface area contributed by atoms with Crippen molar-refractivity contribution < 1.29 is 9.18 Å². The van der Waals surface area contributed by atoms with E-state index in [4.69, 9.17) is 0 Å². The monoisotopic (exact) mass is 283 g/mol. The summed E-state index contributed by atoms with van der Waals surface area (Å²) in [5, 5.41) is 0. The number of carbonyl (C=O) groups is 1. The van der Waals surface area contributed by atoms with Crippen LogP contribution in [0.3, 0.4) is 0 Å². The average Bonchev–Trinajstić information content (AvgIpc) is 2.51. The van der Waals surface area contributed by atoms with Crippen LogP contribution in [0.2, 0.25) is 0 Å². The van der Waals surface area contributed by atoms with Gasteiger partial charge in [0.2, 0.25) is 5.91 Å². The Hall–Kier alpha value is -2.16. The first-order valence-corrected chi connectivity index (χ1v) is 7.30. The number of hydrogen-bond donors (Lipinski definition) is 0. The fraction of sp³-hybridized carbons (Fsp3) is 0.278. The quantitative estimate of drug-likeness (QED) is 0.840. The fourth-order valence-corrected chi connectivity index (χ4v) is 2.92. The molecule has 0 aromatic heterocycles. The van der Waals surface area contributed by atoms with Gasteiger partial charge in [-0.15, -0.1) is 0 Å². The summed E-state index contributed by atoms with van der Waals surface area (Å²) in [6.07, 6.45) is 1.22. The van der Waals surface area contributed by atoms with Crippen LogP contribution in [0, 0.1) is 5.82 Å². The van der Waals surface area contributed by atoms with Gasteiger partial charge in [-0.3, -0.25) is 4.79 Å². The summed E-state index contributed by atoms with van der Waals surface area (Å²) in [5.41, 5.74) is 1.81. The maximum absolute atomic E-state index is 13.8. The summed E-state index contributed by atoms with van der Waals surface area (Å²) < 4.78 is 13.8. The van der Waals surface area contributed by atoms with Crippen LogP contribution in [0.5, 0.6) is 0 Å².